The van der Waals surface area contributed by atoms with Crippen LogP contribution in [0.3, 0.4) is 0 Å². The highest BCUT2D eigenvalue weighted by Crippen LogP contribution is 2.34. The maximum atomic E-state index is 5.02. The van der Waals surface area contributed by atoms with Crippen LogP contribution in [0.4, 0.5) is 0 Å². The van der Waals surface area contributed by atoms with Crippen molar-refractivity contribution in [2.45, 2.75) is 0 Å². The molecule has 6 heteroatoms. The number of nitrogens with zero attached hydrogens (tertiary/aromatic N) is 5. The molecule has 0 aliphatic rings. The van der Waals surface area contributed by atoms with Crippen molar-refractivity contribution in [3.05, 3.63) is 164 Å². The molecule has 0 bridgehead atoms. The number of aromatic amines is 1. The number of benzene rings is 5. The first-order valence-corrected chi connectivity index (χ1v) is 16.2. The Hall–Kier alpha value is -6.79. The zero-order chi connectivity index (χ0) is 32.6. The molecule has 0 spiro atoms. The highest BCUT2D eigenvalue weighted by molar-refractivity contribution is 6.09. The predicted molar refractivity (Wildman–Crippen MR) is 197 cm³/mol. The normalized spacial score (nSPS) is 11.3. The smallest absolute Gasteiger partial charge is 0.164 e. The lowest BCUT2D eigenvalue weighted by Gasteiger charge is -2.09. The minimum Gasteiger partial charge on any atom is -0.355 e. The maximum Gasteiger partial charge on any atom is 0.164 e. The fourth-order valence-corrected chi connectivity index (χ4v) is 6.26. The fraction of sp³-hybridized carbons (Fsp3) is 0. The van der Waals surface area contributed by atoms with E-state index in [9.17, 15) is 0 Å². The third kappa shape index (κ3) is 5.51. The van der Waals surface area contributed by atoms with Gasteiger partial charge in [0.25, 0.3) is 0 Å². The minimum atomic E-state index is 0.621. The number of hydrogen-bond donors (Lipinski definition) is 1. The summed E-state index contributed by atoms with van der Waals surface area (Å²) < 4.78 is 0. The van der Waals surface area contributed by atoms with E-state index < -0.39 is 0 Å². The number of aromatic nitrogens is 6. The molecular formula is C43H28N6. The lowest BCUT2D eigenvalue weighted by Crippen LogP contribution is -2.00. The lowest BCUT2D eigenvalue weighted by molar-refractivity contribution is 1.07. The zero-order valence-corrected chi connectivity index (χ0v) is 26.3. The number of pyridine rings is 2. The average molecular weight is 629 g/mol. The van der Waals surface area contributed by atoms with Crippen molar-refractivity contribution in [1.29, 1.82) is 0 Å². The van der Waals surface area contributed by atoms with E-state index in [0.717, 1.165) is 66.4 Å². The van der Waals surface area contributed by atoms with E-state index in [1.165, 1.54) is 5.56 Å². The monoisotopic (exact) mass is 628 g/mol. The van der Waals surface area contributed by atoms with Crippen LogP contribution in [-0.2, 0) is 0 Å². The Morgan fingerprint density at radius 3 is 1.49 bits per heavy atom. The summed E-state index contributed by atoms with van der Waals surface area (Å²) in [6, 6.07) is 49.7. The molecule has 49 heavy (non-hydrogen) atoms. The Labute approximate surface area is 282 Å². The van der Waals surface area contributed by atoms with Crippen LogP contribution < -0.4 is 0 Å². The van der Waals surface area contributed by atoms with E-state index in [2.05, 4.69) is 107 Å². The third-order valence-corrected chi connectivity index (χ3v) is 8.83. The van der Waals surface area contributed by atoms with Crippen LogP contribution in [0.5, 0.6) is 0 Å². The van der Waals surface area contributed by atoms with Gasteiger partial charge in [-0.05, 0) is 53.6 Å². The van der Waals surface area contributed by atoms with Gasteiger partial charge in [-0.2, -0.15) is 0 Å². The quantitative estimate of drug-likeness (QED) is 0.198. The number of hydrogen-bond acceptors (Lipinski definition) is 5. The van der Waals surface area contributed by atoms with Crippen molar-refractivity contribution >= 4 is 21.8 Å². The molecule has 0 saturated heterocycles. The van der Waals surface area contributed by atoms with Gasteiger partial charge in [0.05, 0.1) is 5.69 Å². The van der Waals surface area contributed by atoms with Gasteiger partial charge in [0, 0.05) is 73.8 Å². The third-order valence-electron chi connectivity index (χ3n) is 8.83. The van der Waals surface area contributed by atoms with Crippen molar-refractivity contribution in [3.8, 4) is 67.7 Å². The van der Waals surface area contributed by atoms with Gasteiger partial charge in [0.1, 0.15) is 0 Å². The van der Waals surface area contributed by atoms with Gasteiger partial charge in [0.15, 0.2) is 17.5 Å². The molecule has 0 aliphatic heterocycles. The Kier molecular flexibility index (Phi) is 7.02. The largest absolute Gasteiger partial charge is 0.355 e. The van der Waals surface area contributed by atoms with Crippen molar-refractivity contribution in [2.24, 2.45) is 0 Å². The molecule has 0 amide bonds. The molecule has 0 fully saturated rings. The van der Waals surface area contributed by atoms with Crippen LogP contribution in [0.25, 0.3) is 89.5 Å². The van der Waals surface area contributed by atoms with Crippen molar-refractivity contribution < 1.29 is 0 Å². The van der Waals surface area contributed by atoms with E-state index in [0.29, 0.717) is 17.5 Å². The van der Waals surface area contributed by atoms with Gasteiger partial charge in [-0.3, -0.25) is 9.97 Å². The highest BCUT2D eigenvalue weighted by Gasteiger charge is 2.15. The molecule has 4 aromatic heterocycles. The molecule has 0 radical (unpaired) electrons. The molecule has 1 N–H and O–H groups in total. The van der Waals surface area contributed by atoms with E-state index in [4.69, 9.17) is 19.9 Å². The summed E-state index contributed by atoms with van der Waals surface area (Å²) in [5, 5.41) is 2.21. The van der Waals surface area contributed by atoms with Gasteiger partial charge in [-0.15, -0.1) is 0 Å². The van der Waals surface area contributed by atoms with Gasteiger partial charge in [0.2, 0.25) is 0 Å². The standard InChI is InChI=1S/C43H28N6/c1-3-8-28(9-4-1)29-13-15-31(16-14-29)42-47-41(30-10-5-2-6-11-30)48-43(49-42)33-18-22-40-37(25-33)36-24-32(17-21-39(36)46-40)38-20-19-35(27-45-38)34-12-7-23-44-26-34/h1-27,46H. The first-order chi connectivity index (χ1) is 24.2. The molecule has 6 nitrogen and oxygen atoms in total. The summed E-state index contributed by atoms with van der Waals surface area (Å²) in [4.78, 5) is 27.6. The Balaban J connectivity index is 1.12. The highest BCUT2D eigenvalue weighted by atomic mass is 15.0. The number of H-pyrrole nitrogens is 1. The molecule has 5 aromatic carbocycles. The Morgan fingerprint density at radius 2 is 0.857 bits per heavy atom. The molecule has 0 atom stereocenters. The van der Waals surface area contributed by atoms with Crippen LogP contribution in [0.15, 0.2) is 164 Å². The number of rotatable bonds is 6. The second-order valence-electron chi connectivity index (χ2n) is 11.9. The van der Waals surface area contributed by atoms with Crippen LogP contribution >= 0.6 is 0 Å². The van der Waals surface area contributed by atoms with Gasteiger partial charge in [-0.1, -0.05) is 103 Å². The van der Waals surface area contributed by atoms with E-state index in [-0.39, 0.29) is 0 Å². The Bertz CT molecular complexity index is 2560. The minimum absolute atomic E-state index is 0.621. The van der Waals surface area contributed by atoms with E-state index in [1.807, 2.05) is 60.9 Å². The van der Waals surface area contributed by atoms with Crippen LogP contribution in [0.2, 0.25) is 0 Å². The SMILES string of the molecule is c1ccc(-c2ccc(-c3nc(-c4ccccc4)nc(-c4ccc5[nH]c6ccc(-c7ccc(-c8cccnc8)cn7)cc6c5c4)n3)cc2)cc1. The first-order valence-electron chi connectivity index (χ1n) is 16.2. The first kappa shape index (κ1) is 28.4. The molecule has 0 saturated carbocycles. The zero-order valence-electron chi connectivity index (χ0n) is 26.3. The maximum absolute atomic E-state index is 5.02. The number of nitrogens with one attached hydrogen (secondary N) is 1. The summed E-state index contributed by atoms with van der Waals surface area (Å²) >= 11 is 0. The molecule has 230 valence electrons. The van der Waals surface area contributed by atoms with Crippen LogP contribution in [0.1, 0.15) is 0 Å². The second kappa shape index (κ2) is 12.1. The second-order valence-corrected chi connectivity index (χ2v) is 11.9. The summed E-state index contributed by atoms with van der Waals surface area (Å²) in [6.45, 7) is 0. The van der Waals surface area contributed by atoms with Crippen molar-refractivity contribution in [2.75, 3.05) is 0 Å². The Morgan fingerprint density at radius 1 is 0.367 bits per heavy atom. The van der Waals surface area contributed by atoms with Crippen LogP contribution in [-0.4, -0.2) is 29.9 Å². The van der Waals surface area contributed by atoms with Crippen molar-refractivity contribution in [1.82, 2.24) is 29.9 Å². The summed E-state index contributed by atoms with van der Waals surface area (Å²) in [5.41, 5.74) is 11.2. The molecule has 4 heterocycles. The molecule has 0 unspecified atom stereocenters. The summed E-state index contributed by atoms with van der Waals surface area (Å²) in [6.07, 6.45) is 5.54. The molecule has 9 rings (SSSR count). The average Bonchev–Trinajstić information content (AvgIpc) is 3.56. The number of fused-ring (bicyclic) bond motifs is 3. The summed E-state index contributed by atoms with van der Waals surface area (Å²) in [5.74, 6) is 1.89. The van der Waals surface area contributed by atoms with E-state index in [1.54, 1.807) is 6.20 Å². The van der Waals surface area contributed by atoms with Crippen molar-refractivity contribution in [3.63, 3.8) is 0 Å². The topological polar surface area (TPSA) is 80.2 Å². The fourth-order valence-electron chi connectivity index (χ4n) is 6.26. The van der Waals surface area contributed by atoms with E-state index >= 15 is 0 Å². The summed E-state index contributed by atoms with van der Waals surface area (Å²) in [7, 11) is 0. The predicted octanol–water partition coefficient (Wildman–Crippen LogP) is 10.3. The molecular weight excluding hydrogens is 601 g/mol. The van der Waals surface area contributed by atoms with Gasteiger partial charge >= 0.3 is 0 Å². The molecule has 9 aromatic rings. The van der Waals surface area contributed by atoms with Gasteiger partial charge in [-0.25, -0.2) is 15.0 Å². The van der Waals surface area contributed by atoms with Crippen LogP contribution in [0, 0.1) is 0 Å². The lowest BCUT2D eigenvalue weighted by atomic mass is 10.0. The van der Waals surface area contributed by atoms with Gasteiger partial charge < -0.3 is 4.98 Å². The molecule has 0 aliphatic carbocycles.